The van der Waals surface area contributed by atoms with Crippen LogP contribution in [-0.4, -0.2) is 51.3 Å². The quantitative estimate of drug-likeness (QED) is 0.823. The summed E-state index contributed by atoms with van der Waals surface area (Å²) in [4.78, 5) is 26.0. The molecule has 138 valence electrons. The number of benzene rings is 1. The van der Waals surface area contributed by atoms with E-state index in [1.54, 1.807) is 7.05 Å². The zero-order chi connectivity index (χ0) is 18.5. The van der Waals surface area contributed by atoms with Gasteiger partial charge in [0, 0.05) is 26.7 Å². The van der Waals surface area contributed by atoms with Crippen LogP contribution in [0.1, 0.15) is 39.3 Å². The standard InChI is InChI=1S/C19H24N4O3/c1-22-17(16(11-21-22)19(25)26)18(24)20-10-15-8-5-9-23(13-15)12-14-6-3-2-4-7-14/h2-4,6-7,11,15H,5,8-10,12-13H2,1H3,(H,20,24)(H,25,26)/t15-/m0/s1. The number of aromatic nitrogens is 2. The van der Waals surface area contributed by atoms with E-state index in [4.69, 9.17) is 0 Å². The second-order valence-corrected chi connectivity index (χ2v) is 6.77. The van der Waals surface area contributed by atoms with Gasteiger partial charge in [0.1, 0.15) is 11.3 Å². The minimum atomic E-state index is -1.14. The number of likely N-dealkylation sites (tertiary alicyclic amines) is 1. The smallest absolute Gasteiger partial charge is 0.339 e. The van der Waals surface area contributed by atoms with Gasteiger partial charge in [0.05, 0.1) is 6.20 Å². The number of piperidine rings is 1. The molecule has 1 fully saturated rings. The minimum Gasteiger partial charge on any atom is -0.478 e. The van der Waals surface area contributed by atoms with Gasteiger partial charge in [-0.15, -0.1) is 0 Å². The van der Waals surface area contributed by atoms with Crippen LogP contribution in [0.15, 0.2) is 36.5 Å². The number of carbonyl (C=O) groups is 2. The van der Waals surface area contributed by atoms with E-state index in [0.717, 1.165) is 32.5 Å². The molecule has 1 saturated heterocycles. The Hall–Kier alpha value is -2.67. The van der Waals surface area contributed by atoms with Gasteiger partial charge < -0.3 is 10.4 Å². The van der Waals surface area contributed by atoms with Crippen LogP contribution in [0.25, 0.3) is 0 Å². The molecule has 0 radical (unpaired) electrons. The van der Waals surface area contributed by atoms with Gasteiger partial charge >= 0.3 is 5.97 Å². The normalized spacial score (nSPS) is 17.8. The minimum absolute atomic E-state index is 0.0700. The lowest BCUT2D eigenvalue weighted by molar-refractivity contribution is 0.0690. The molecule has 2 N–H and O–H groups in total. The summed E-state index contributed by atoms with van der Waals surface area (Å²) in [7, 11) is 1.57. The third kappa shape index (κ3) is 4.29. The molecular formula is C19H24N4O3. The van der Waals surface area contributed by atoms with Crippen molar-refractivity contribution in [1.29, 1.82) is 0 Å². The predicted octanol–water partition coefficient (Wildman–Crippen LogP) is 1.76. The molecule has 1 aromatic heterocycles. The average molecular weight is 356 g/mol. The summed E-state index contributed by atoms with van der Waals surface area (Å²) in [5.41, 5.74) is 1.31. The highest BCUT2D eigenvalue weighted by atomic mass is 16.4. The van der Waals surface area contributed by atoms with E-state index in [-0.39, 0.29) is 17.2 Å². The molecule has 0 bridgehead atoms. The van der Waals surface area contributed by atoms with Crippen LogP contribution in [0.3, 0.4) is 0 Å². The molecule has 1 atom stereocenters. The number of carboxylic acid groups (broad SMARTS) is 1. The summed E-state index contributed by atoms with van der Waals surface area (Å²) in [5.74, 6) is -1.17. The number of aryl methyl sites for hydroxylation is 1. The predicted molar refractivity (Wildman–Crippen MR) is 96.9 cm³/mol. The van der Waals surface area contributed by atoms with Gasteiger partial charge in [-0.2, -0.15) is 5.10 Å². The lowest BCUT2D eigenvalue weighted by Crippen LogP contribution is -2.41. The third-order valence-corrected chi connectivity index (χ3v) is 4.79. The zero-order valence-corrected chi connectivity index (χ0v) is 14.9. The van der Waals surface area contributed by atoms with Crippen LogP contribution in [0.5, 0.6) is 0 Å². The van der Waals surface area contributed by atoms with Crippen LogP contribution >= 0.6 is 0 Å². The fraction of sp³-hybridized carbons (Fsp3) is 0.421. The molecule has 26 heavy (non-hydrogen) atoms. The Bertz CT molecular complexity index is 772. The monoisotopic (exact) mass is 356 g/mol. The fourth-order valence-corrected chi connectivity index (χ4v) is 3.49. The Morgan fingerprint density at radius 3 is 2.81 bits per heavy atom. The van der Waals surface area contributed by atoms with Crippen LogP contribution in [0.2, 0.25) is 0 Å². The molecular weight excluding hydrogens is 332 g/mol. The number of amides is 1. The third-order valence-electron chi connectivity index (χ3n) is 4.79. The van der Waals surface area contributed by atoms with Crippen molar-refractivity contribution >= 4 is 11.9 Å². The van der Waals surface area contributed by atoms with Gasteiger partial charge in [-0.1, -0.05) is 30.3 Å². The Balaban J connectivity index is 1.55. The van der Waals surface area contributed by atoms with Crippen molar-refractivity contribution in [2.45, 2.75) is 19.4 Å². The number of hydrogen-bond acceptors (Lipinski definition) is 4. The van der Waals surface area contributed by atoms with Gasteiger partial charge in [-0.3, -0.25) is 14.4 Å². The number of rotatable bonds is 6. The number of aromatic carboxylic acids is 1. The Morgan fingerprint density at radius 1 is 1.31 bits per heavy atom. The average Bonchev–Trinajstić information content (AvgIpc) is 3.03. The molecule has 7 heteroatoms. The largest absolute Gasteiger partial charge is 0.478 e. The van der Waals surface area contributed by atoms with E-state index >= 15 is 0 Å². The fourth-order valence-electron chi connectivity index (χ4n) is 3.49. The van der Waals surface area contributed by atoms with E-state index in [2.05, 4.69) is 27.4 Å². The van der Waals surface area contributed by atoms with Gasteiger partial charge in [-0.25, -0.2) is 4.79 Å². The van der Waals surface area contributed by atoms with Crippen LogP contribution in [0.4, 0.5) is 0 Å². The SMILES string of the molecule is Cn1ncc(C(=O)O)c1C(=O)NC[C@@H]1CCCN(Cc2ccccc2)C1. The van der Waals surface area contributed by atoms with Gasteiger partial charge in [0.2, 0.25) is 0 Å². The molecule has 0 unspecified atom stereocenters. The Morgan fingerprint density at radius 2 is 2.08 bits per heavy atom. The van der Waals surface area contributed by atoms with Gasteiger partial charge in [0.15, 0.2) is 0 Å². The van der Waals surface area contributed by atoms with E-state index in [0.29, 0.717) is 12.5 Å². The van der Waals surface area contributed by atoms with Crippen molar-refractivity contribution in [2.24, 2.45) is 13.0 Å². The summed E-state index contributed by atoms with van der Waals surface area (Å²) < 4.78 is 1.31. The first kappa shape index (κ1) is 18.1. The summed E-state index contributed by atoms with van der Waals surface area (Å²) >= 11 is 0. The first-order valence-corrected chi connectivity index (χ1v) is 8.84. The van der Waals surface area contributed by atoms with Crippen LogP contribution in [0, 0.1) is 5.92 Å². The molecule has 2 heterocycles. The molecule has 3 rings (SSSR count). The van der Waals surface area contributed by atoms with Gasteiger partial charge in [-0.05, 0) is 30.9 Å². The van der Waals surface area contributed by atoms with Gasteiger partial charge in [0.25, 0.3) is 5.91 Å². The first-order chi connectivity index (χ1) is 12.5. The van der Waals surface area contributed by atoms with Crippen molar-refractivity contribution in [1.82, 2.24) is 20.0 Å². The number of carboxylic acids is 1. The molecule has 0 aliphatic carbocycles. The second-order valence-electron chi connectivity index (χ2n) is 6.77. The van der Waals surface area contributed by atoms with Crippen molar-refractivity contribution in [3.63, 3.8) is 0 Å². The van der Waals surface area contributed by atoms with E-state index in [1.807, 2.05) is 18.2 Å². The summed E-state index contributed by atoms with van der Waals surface area (Å²) in [6, 6.07) is 10.4. The second kappa shape index (κ2) is 8.14. The lowest BCUT2D eigenvalue weighted by Gasteiger charge is -2.32. The number of nitrogens with zero attached hydrogens (tertiary/aromatic N) is 3. The molecule has 2 aromatic rings. The molecule has 1 amide bonds. The molecule has 7 nitrogen and oxygen atoms in total. The summed E-state index contributed by atoms with van der Waals surface area (Å²) in [6.07, 6.45) is 3.36. The van der Waals surface area contributed by atoms with Crippen molar-refractivity contribution in [2.75, 3.05) is 19.6 Å². The lowest BCUT2D eigenvalue weighted by atomic mass is 9.97. The van der Waals surface area contributed by atoms with Crippen LogP contribution < -0.4 is 5.32 Å². The number of nitrogens with one attached hydrogen (secondary N) is 1. The summed E-state index contributed by atoms with van der Waals surface area (Å²) in [6.45, 7) is 3.43. The molecule has 1 aliphatic heterocycles. The Kier molecular flexibility index (Phi) is 5.68. The van der Waals surface area contributed by atoms with E-state index < -0.39 is 5.97 Å². The van der Waals surface area contributed by atoms with Crippen molar-refractivity contribution in [3.05, 3.63) is 53.3 Å². The van der Waals surface area contributed by atoms with Crippen molar-refractivity contribution < 1.29 is 14.7 Å². The maximum atomic E-state index is 12.4. The highest BCUT2D eigenvalue weighted by Crippen LogP contribution is 2.18. The maximum Gasteiger partial charge on any atom is 0.339 e. The maximum absolute atomic E-state index is 12.4. The van der Waals surface area contributed by atoms with Crippen LogP contribution in [-0.2, 0) is 13.6 Å². The Labute approximate surface area is 152 Å². The first-order valence-electron chi connectivity index (χ1n) is 8.84. The van der Waals surface area contributed by atoms with Crippen molar-refractivity contribution in [3.8, 4) is 0 Å². The highest BCUT2D eigenvalue weighted by Gasteiger charge is 2.24. The van der Waals surface area contributed by atoms with E-state index in [9.17, 15) is 14.7 Å². The molecule has 0 saturated carbocycles. The molecule has 1 aromatic carbocycles. The summed E-state index contributed by atoms with van der Waals surface area (Å²) in [5, 5.41) is 15.9. The molecule has 0 spiro atoms. The zero-order valence-electron chi connectivity index (χ0n) is 14.9. The topological polar surface area (TPSA) is 87.5 Å². The van der Waals surface area contributed by atoms with E-state index in [1.165, 1.54) is 16.4 Å². The molecule has 1 aliphatic rings. The number of hydrogen-bond donors (Lipinski definition) is 2. The number of carbonyl (C=O) groups excluding carboxylic acids is 1. The highest BCUT2D eigenvalue weighted by molar-refractivity contribution is 6.03.